The van der Waals surface area contributed by atoms with Gasteiger partial charge in [0, 0.05) is 26.1 Å². The molecule has 0 saturated carbocycles. The lowest BCUT2D eigenvalue weighted by atomic mass is 10.0. The Balaban J connectivity index is 1.63. The maximum absolute atomic E-state index is 13.2. The van der Waals surface area contributed by atoms with E-state index in [1.54, 1.807) is 19.2 Å². The predicted octanol–water partition coefficient (Wildman–Crippen LogP) is 3.28. The van der Waals surface area contributed by atoms with Gasteiger partial charge in [0.15, 0.2) is 0 Å². The van der Waals surface area contributed by atoms with Crippen LogP contribution in [0.4, 0.5) is 4.39 Å². The van der Waals surface area contributed by atoms with E-state index in [0.29, 0.717) is 19.4 Å². The molecule has 0 radical (unpaired) electrons. The van der Waals surface area contributed by atoms with E-state index in [9.17, 15) is 9.18 Å². The molecule has 0 bridgehead atoms. The van der Waals surface area contributed by atoms with Crippen LogP contribution in [0, 0.1) is 5.82 Å². The molecule has 1 aliphatic rings. The molecule has 1 aliphatic heterocycles. The zero-order valence-electron chi connectivity index (χ0n) is 15.3. The highest BCUT2D eigenvalue weighted by Crippen LogP contribution is 2.25. The van der Waals surface area contributed by atoms with Gasteiger partial charge in [-0.3, -0.25) is 9.69 Å². The van der Waals surface area contributed by atoms with E-state index < -0.39 is 0 Å². The highest BCUT2D eigenvalue weighted by molar-refractivity contribution is 5.76. The first-order valence-corrected chi connectivity index (χ1v) is 8.94. The molecule has 1 fully saturated rings. The van der Waals surface area contributed by atoms with E-state index in [1.807, 2.05) is 36.2 Å². The molecule has 0 spiro atoms. The third kappa shape index (κ3) is 4.22. The number of halogens is 1. The van der Waals surface area contributed by atoms with Crippen LogP contribution in [-0.2, 0) is 11.2 Å². The second-order valence-electron chi connectivity index (χ2n) is 6.70. The minimum atomic E-state index is -0.239. The molecule has 1 heterocycles. The molecule has 4 nitrogen and oxygen atoms in total. The van der Waals surface area contributed by atoms with Crippen LogP contribution < -0.4 is 4.74 Å². The fourth-order valence-corrected chi connectivity index (χ4v) is 3.45. The van der Waals surface area contributed by atoms with E-state index >= 15 is 0 Å². The van der Waals surface area contributed by atoms with Crippen molar-refractivity contribution in [2.45, 2.75) is 18.9 Å². The van der Waals surface area contributed by atoms with Gasteiger partial charge in [0.25, 0.3) is 0 Å². The Bertz CT molecular complexity index is 748. The summed E-state index contributed by atoms with van der Waals surface area (Å²) in [5.41, 5.74) is 2.09. The van der Waals surface area contributed by atoms with Crippen molar-refractivity contribution in [1.29, 1.82) is 0 Å². The molecule has 3 rings (SSSR count). The van der Waals surface area contributed by atoms with Crippen LogP contribution >= 0.6 is 0 Å². The number of hydrogen-bond donors (Lipinski definition) is 0. The molecule has 0 N–H and O–H groups in total. The number of hydrogen-bond acceptors (Lipinski definition) is 3. The first kappa shape index (κ1) is 18.4. The van der Waals surface area contributed by atoms with Crippen molar-refractivity contribution in [3.63, 3.8) is 0 Å². The van der Waals surface area contributed by atoms with Gasteiger partial charge in [-0.1, -0.05) is 30.3 Å². The van der Waals surface area contributed by atoms with E-state index in [1.165, 1.54) is 12.1 Å². The zero-order chi connectivity index (χ0) is 18.5. The first-order chi connectivity index (χ1) is 12.6. The van der Waals surface area contributed by atoms with Crippen molar-refractivity contribution in [1.82, 2.24) is 9.80 Å². The number of amides is 1. The van der Waals surface area contributed by atoms with Gasteiger partial charge in [0.2, 0.25) is 5.91 Å². The van der Waals surface area contributed by atoms with Crippen molar-refractivity contribution in [3.05, 3.63) is 65.5 Å². The molecule has 26 heavy (non-hydrogen) atoms. The molecular weight excluding hydrogens is 331 g/mol. The van der Waals surface area contributed by atoms with E-state index in [-0.39, 0.29) is 17.8 Å². The maximum atomic E-state index is 13.2. The summed E-state index contributed by atoms with van der Waals surface area (Å²) >= 11 is 0. The van der Waals surface area contributed by atoms with Crippen molar-refractivity contribution in [2.75, 3.05) is 33.8 Å². The highest BCUT2D eigenvalue weighted by atomic mass is 19.1. The number of nitrogens with zero attached hydrogens (tertiary/aromatic N) is 2. The lowest BCUT2D eigenvalue weighted by Gasteiger charge is -2.39. The van der Waals surface area contributed by atoms with Gasteiger partial charge in [0.05, 0.1) is 13.2 Å². The van der Waals surface area contributed by atoms with Gasteiger partial charge in [-0.05, 0) is 42.8 Å². The SMILES string of the molecule is COc1ccccc1CCC(=O)N1CCN(C)C(c2ccc(F)cc2)C1. The van der Waals surface area contributed by atoms with Gasteiger partial charge in [0.1, 0.15) is 11.6 Å². The number of aryl methyl sites for hydroxylation is 1. The quantitative estimate of drug-likeness (QED) is 0.824. The molecule has 0 aliphatic carbocycles. The number of piperazine rings is 1. The number of ether oxygens (including phenoxy) is 1. The van der Waals surface area contributed by atoms with Crippen LogP contribution in [0.15, 0.2) is 48.5 Å². The van der Waals surface area contributed by atoms with Crippen molar-refractivity contribution < 1.29 is 13.9 Å². The number of likely N-dealkylation sites (N-methyl/N-ethyl adjacent to an activating group) is 1. The number of carbonyl (C=O) groups is 1. The van der Waals surface area contributed by atoms with Crippen LogP contribution in [0.3, 0.4) is 0 Å². The van der Waals surface area contributed by atoms with Crippen LogP contribution in [-0.4, -0.2) is 49.5 Å². The summed E-state index contributed by atoms with van der Waals surface area (Å²) in [5.74, 6) is 0.732. The van der Waals surface area contributed by atoms with Gasteiger partial charge in [-0.2, -0.15) is 0 Å². The Morgan fingerprint density at radius 1 is 1.15 bits per heavy atom. The molecule has 1 unspecified atom stereocenters. The summed E-state index contributed by atoms with van der Waals surface area (Å²) in [5, 5.41) is 0. The second kappa shape index (κ2) is 8.32. The summed E-state index contributed by atoms with van der Waals surface area (Å²) in [6.07, 6.45) is 1.12. The van der Waals surface area contributed by atoms with Crippen molar-refractivity contribution in [2.24, 2.45) is 0 Å². The lowest BCUT2D eigenvalue weighted by molar-refractivity contribution is -0.134. The standard InChI is InChI=1S/C21H25FN2O2/c1-23-13-14-24(15-19(23)16-7-10-18(22)11-8-16)21(25)12-9-17-5-3-4-6-20(17)26-2/h3-8,10-11,19H,9,12-15H2,1-2H3. The summed E-state index contributed by atoms with van der Waals surface area (Å²) in [6, 6.07) is 14.5. The molecular formula is C21H25FN2O2. The smallest absolute Gasteiger partial charge is 0.223 e. The Morgan fingerprint density at radius 2 is 1.88 bits per heavy atom. The minimum absolute atomic E-state index is 0.0968. The van der Waals surface area contributed by atoms with Crippen molar-refractivity contribution in [3.8, 4) is 5.75 Å². The van der Waals surface area contributed by atoms with Crippen LogP contribution in [0.25, 0.3) is 0 Å². The summed E-state index contributed by atoms with van der Waals surface area (Å²) in [4.78, 5) is 16.9. The van der Waals surface area contributed by atoms with Gasteiger partial charge >= 0.3 is 0 Å². The van der Waals surface area contributed by atoms with Crippen LogP contribution in [0.5, 0.6) is 5.75 Å². The fourth-order valence-electron chi connectivity index (χ4n) is 3.45. The predicted molar refractivity (Wildman–Crippen MR) is 99.7 cm³/mol. The molecule has 1 saturated heterocycles. The Kier molecular flexibility index (Phi) is 5.89. The number of para-hydroxylation sites is 1. The molecule has 138 valence electrons. The second-order valence-corrected chi connectivity index (χ2v) is 6.70. The summed E-state index contributed by atoms with van der Waals surface area (Å²) < 4.78 is 18.6. The number of rotatable bonds is 5. The third-order valence-corrected chi connectivity index (χ3v) is 5.06. The maximum Gasteiger partial charge on any atom is 0.223 e. The molecule has 5 heteroatoms. The van der Waals surface area contributed by atoms with Gasteiger partial charge < -0.3 is 9.64 Å². The van der Waals surface area contributed by atoms with Gasteiger partial charge in [-0.25, -0.2) is 4.39 Å². The number of methoxy groups -OCH3 is 1. The van der Waals surface area contributed by atoms with Crippen LogP contribution in [0.2, 0.25) is 0 Å². The highest BCUT2D eigenvalue weighted by Gasteiger charge is 2.28. The normalized spacial score (nSPS) is 18.0. The molecule has 2 aromatic rings. The summed E-state index contributed by atoms with van der Waals surface area (Å²) in [7, 11) is 3.69. The molecule has 1 amide bonds. The number of benzene rings is 2. The Morgan fingerprint density at radius 3 is 2.62 bits per heavy atom. The molecule has 2 aromatic carbocycles. The molecule has 0 aromatic heterocycles. The minimum Gasteiger partial charge on any atom is -0.496 e. The van der Waals surface area contributed by atoms with E-state index in [2.05, 4.69) is 4.90 Å². The summed E-state index contributed by atoms with van der Waals surface area (Å²) in [6.45, 7) is 2.16. The van der Waals surface area contributed by atoms with Crippen molar-refractivity contribution >= 4 is 5.91 Å². The van der Waals surface area contributed by atoms with E-state index in [4.69, 9.17) is 4.74 Å². The average molecular weight is 356 g/mol. The van der Waals surface area contributed by atoms with Crippen LogP contribution in [0.1, 0.15) is 23.6 Å². The zero-order valence-corrected chi connectivity index (χ0v) is 15.3. The Labute approximate surface area is 154 Å². The topological polar surface area (TPSA) is 32.8 Å². The number of carbonyl (C=O) groups excluding carboxylic acids is 1. The first-order valence-electron chi connectivity index (χ1n) is 8.94. The van der Waals surface area contributed by atoms with Gasteiger partial charge in [-0.15, -0.1) is 0 Å². The monoisotopic (exact) mass is 356 g/mol. The average Bonchev–Trinajstić information content (AvgIpc) is 2.67. The van der Waals surface area contributed by atoms with E-state index in [0.717, 1.165) is 30.0 Å². The third-order valence-electron chi connectivity index (χ3n) is 5.06. The fraction of sp³-hybridized carbons (Fsp3) is 0.381. The molecule has 1 atom stereocenters. The largest absolute Gasteiger partial charge is 0.496 e. The lowest BCUT2D eigenvalue weighted by Crippen LogP contribution is -2.49. The Hall–Kier alpha value is -2.40.